The molecule has 1 heterocycles. The second-order valence-corrected chi connectivity index (χ2v) is 2.73. The van der Waals surface area contributed by atoms with E-state index in [-0.39, 0.29) is 11.0 Å². The number of amides is 1. The highest BCUT2D eigenvalue weighted by molar-refractivity contribution is 6.29. The number of aromatic nitrogens is 2. The van der Waals surface area contributed by atoms with Gasteiger partial charge in [0.15, 0.2) is 5.82 Å². The summed E-state index contributed by atoms with van der Waals surface area (Å²) in [5.41, 5.74) is 0. The van der Waals surface area contributed by atoms with Crippen LogP contribution in [0.3, 0.4) is 0 Å². The predicted octanol–water partition coefficient (Wildman–Crippen LogP) is 0.543. The lowest BCUT2D eigenvalue weighted by Gasteiger charge is -2.00. The van der Waals surface area contributed by atoms with Gasteiger partial charge in [-0.05, 0) is 0 Å². The van der Waals surface area contributed by atoms with Gasteiger partial charge in [-0.25, -0.2) is 9.97 Å². The molecule has 2 N–H and O–H groups in total. The Kier molecular flexibility index (Phi) is 3.35. The summed E-state index contributed by atoms with van der Waals surface area (Å²) < 4.78 is 0. The maximum Gasteiger partial charge on any atom is 0.312 e. The van der Waals surface area contributed by atoms with E-state index in [0.29, 0.717) is 0 Å². The number of hydrogen-bond donors (Lipinski definition) is 2. The van der Waals surface area contributed by atoms with E-state index in [2.05, 4.69) is 15.3 Å². The van der Waals surface area contributed by atoms with Gasteiger partial charge in [0.1, 0.15) is 11.6 Å². The third-order valence-electron chi connectivity index (χ3n) is 1.20. The number of anilines is 1. The fraction of sp³-hybridized carbons (Fsp3) is 0.143. The lowest BCUT2D eigenvalue weighted by Crippen LogP contribution is -2.16. The molecule has 0 unspecified atom stereocenters. The molecule has 0 aliphatic carbocycles. The highest BCUT2D eigenvalue weighted by Crippen LogP contribution is 2.05. The standard InChI is InChI=1S/C7H6ClN3O3/c8-4-2-10-5(3-9-4)11-6(12)1-7(13)14/h2-3H,1H2,(H,13,14)(H,10,11,12). The van der Waals surface area contributed by atoms with E-state index < -0.39 is 18.3 Å². The molecule has 0 saturated heterocycles. The molecule has 1 aromatic rings. The molecule has 14 heavy (non-hydrogen) atoms. The predicted molar refractivity (Wildman–Crippen MR) is 47.9 cm³/mol. The zero-order chi connectivity index (χ0) is 10.6. The largest absolute Gasteiger partial charge is 0.481 e. The minimum Gasteiger partial charge on any atom is -0.481 e. The molecule has 1 rings (SSSR count). The van der Waals surface area contributed by atoms with Crippen LogP contribution in [0.5, 0.6) is 0 Å². The summed E-state index contributed by atoms with van der Waals surface area (Å²) in [7, 11) is 0. The molecule has 1 amide bonds. The highest BCUT2D eigenvalue weighted by Gasteiger charge is 2.08. The molecule has 0 aliphatic heterocycles. The molecule has 74 valence electrons. The van der Waals surface area contributed by atoms with Crippen molar-refractivity contribution >= 4 is 29.3 Å². The van der Waals surface area contributed by atoms with Crippen LogP contribution in [0.2, 0.25) is 5.15 Å². The quantitative estimate of drug-likeness (QED) is 0.718. The van der Waals surface area contributed by atoms with Gasteiger partial charge in [-0.15, -0.1) is 0 Å². The molecule has 0 atom stereocenters. The van der Waals surface area contributed by atoms with Crippen molar-refractivity contribution in [2.24, 2.45) is 0 Å². The molecule has 0 bridgehead atoms. The average Bonchev–Trinajstić information content (AvgIpc) is 2.07. The summed E-state index contributed by atoms with van der Waals surface area (Å²) in [5.74, 6) is -1.70. The molecule has 6 nitrogen and oxygen atoms in total. The molecule has 1 aromatic heterocycles. The van der Waals surface area contributed by atoms with Crippen LogP contribution in [0.4, 0.5) is 5.82 Å². The Morgan fingerprint density at radius 2 is 2.14 bits per heavy atom. The maximum atomic E-state index is 10.9. The van der Waals surface area contributed by atoms with Gasteiger partial charge >= 0.3 is 5.97 Å². The van der Waals surface area contributed by atoms with Gasteiger partial charge in [0.2, 0.25) is 5.91 Å². The number of halogens is 1. The third-order valence-corrected chi connectivity index (χ3v) is 1.39. The van der Waals surface area contributed by atoms with Crippen LogP contribution in [0.1, 0.15) is 6.42 Å². The highest BCUT2D eigenvalue weighted by atomic mass is 35.5. The zero-order valence-corrected chi connectivity index (χ0v) is 7.65. The zero-order valence-electron chi connectivity index (χ0n) is 6.90. The van der Waals surface area contributed by atoms with E-state index >= 15 is 0 Å². The van der Waals surface area contributed by atoms with Crippen molar-refractivity contribution in [3.63, 3.8) is 0 Å². The fourth-order valence-corrected chi connectivity index (χ4v) is 0.799. The van der Waals surface area contributed by atoms with E-state index in [1.807, 2.05) is 0 Å². The van der Waals surface area contributed by atoms with Crippen molar-refractivity contribution in [2.75, 3.05) is 5.32 Å². The number of carbonyl (C=O) groups excluding carboxylic acids is 1. The lowest BCUT2D eigenvalue weighted by molar-refractivity contribution is -0.139. The molecule has 7 heteroatoms. The van der Waals surface area contributed by atoms with Crippen LogP contribution in [0, 0.1) is 0 Å². The minimum absolute atomic E-state index is 0.167. The molecule has 0 aliphatic rings. The number of carboxylic acids is 1. The second-order valence-electron chi connectivity index (χ2n) is 2.34. The third kappa shape index (κ3) is 3.36. The van der Waals surface area contributed by atoms with Crippen molar-refractivity contribution in [3.8, 4) is 0 Å². The summed E-state index contributed by atoms with van der Waals surface area (Å²) >= 11 is 5.45. The van der Waals surface area contributed by atoms with Crippen molar-refractivity contribution in [3.05, 3.63) is 17.5 Å². The number of nitrogens with one attached hydrogen (secondary N) is 1. The van der Waals surface area contributed by atoms with Gasteiger partial charge in [0, 0.05) is 0 Å². The topological polar surface area (TPSA) is 92.2 Å². The van der Waals surface area contributed by atoms with Crippen LogP contribution < -0.4 is 5.32 Å². The van der Waals surface area contributed by atoms with Crippen LogP contribution in [0.25, 0.3) is 0 Å². The fourth-order valence-electron chi connectivity index (χ4n) is 0.701. The molecule has 0 aromatic carbocycles. The summed E-state index contributed by atoms with van der Waals surface area (Å²) in [6.45, 7) is 0. The second kappa shape index (κ2) is 4.52. The Balaban J connectivity index is 2.56. The van der Waals surface area contributed by atoms with E-state index in [1.165, 1.54) is 12.4 Å². The molecular formula is C7H6ClN3O3. The first-order chi connectivity index (χ1) is 6.58. The number of aliphatic carboxylic acids is 1. The summed E-state index contributed by atoms with van der Waals surface area (Å²) in [6.07, 6.45) is 1.88. The van der Waals surface area contributed by atoms with E-state index in [4.69, 9.17) is 16.7 Å². The molecule has 0 fully saturated rings. The van der Waals surface area contributed by atoms with Gasteiger partial charge in [-0.1, -0.05) is 11.6 Å². The first-order valence-electron chi connectivity index (χ1n) is 3.57. The van der Waals surface area contributed by atoms with Crippen LogP contribution in [-0.2, 0) is 9.59 Å². The molecule has 0 spiro atoms. The Labute approximate surface area is 83.9 Å². The summed E-state index contributed by atoms with van der Waals surface area (Å²) in [5, 5.41) is 10.7. The van der Waals surface area contributed by atoms with Crippen molar-refractivity contribution in [1.29, 1.82) is 0 Å². The normalized spacial score (nSPS) is 9.50. The SMILES string of the molecule is O=C(O)CC(=O)Nc1cnc(Cl)cn1. The number of rotatable bonds is 3. The Bertz CT molecular complexity index is 352. The average molecular weight is 216 g/mol. The lowest BCUT2D eigenvalue weighted by atomic mass is 10.4. The minimum atomic E-state index is -1.20. The molecular weight excluding hydrogens is 210 g/mol. The van der Waals surface area contributed by atoms with Crippen molar-refractivity contribution in [2.45, 2.75) is 6.42 Å². The van der Waals surface area contributed by atoms with Gasteiger partial charge in [0.05, 0.1) is 12.4 Å². The summed E-state index contributed by atoms with van der Waals surface area (Å²) in [6, 6.07) is 0. The van der Waals surface area contributed by atoms with E-state index in [9.17, 15) is 9.59 Å². The van der Waals surface area contributed by atoms with Gasteiger partial charge in [-0.3, -0.25) is 9.59 Å². The number of hydrogen-bond acceptors (Lipinski definition) is 4. The molecule has 0 saturated carbocycles. The van der Waals surface area contributed by atoms with Gasteiger partial charge < -0.3 is 10.4 Å². The van der Waals surface area contributed by atoms with Crippen molar-refractivity contribution < 1.29 is 14.7 Å². The first-order valence-corrected chi connectivity index (χ1v) is 3.95. The van der Waals surface area contributed by atoms with E-state index in [1.54, 1.807) is 0 Å². The Hall–Kier alpha value is -1.69. The number of carboxylic acid groups (broad SMARTS) is 1. The smallest absolute Gasteiger partial charge is 0.312 e. The van der Waals surface area contributed by atoms with Crippen LogP contribution >= 0.6 is 11.6 Å². The Morgan fingerprint density at radius 1 is 1.43 bits per heavy atom. The Morgan fingerprint density at radius 3 is 2.64 bits per heavy atom. The van der Waals surface area contributed by atoms with Crippen molar-refractivity contribution in [1.82, 2.24) is 9.97 Å². The van der Waals surface area contributed by atoms with Gasteiger partial charge in [-0.2, -0.15) is 0 Å². The number of nitrogens with zero attached hydrogens (tertiary/aromatic N) is 2. The first kappa shape index (κ1) is 10.4. The molecule has 0 radical (unpaired) electrons. The maximum absolute atomic E-state index is 10.9. The van der Waals surface area contributed by atoms with Crippen LogP contribution in [-0.4, -0.2) is 27.0 Å². The number of carbonyl (C=O) groups is 2. The van der Waals surface area contributed by atoms with E-state index in [0.717, 1.165) is 0 Å². The van der Waals surface area contributed by atoms with Gasteiger partial charge in [0.25, 0.3) is 0 Å². The monoisotopic (exact) mass is 215 g/mol. The summed E-state index contributed by atoms with van der Waals surface area (Å²) in [4.78, 5) is 28.4. The van der Waals surface area contributed by atoms with Crippen LogP contribution in [0.15, 0.2) is 12.4 Å².